The Labute approximate surface area is 180 Å². The van der Waals surface area contributed by atoms with Gasteiger partial charge in [0.25, 0.3) is 0 Å². The van der Waals surface area contributed by atoms with Crippen LogP contribution in [-0.4, -0.2) is 33.9 Å². The summed E-state index contributed by atoms with van der Waals surface area (Å²) in [5.74, 6) is -1.25. The van der Waals surface area contributed by atoms with Crippen molar-refractivity contribution in [3.8, 4) is 5.75 Å². The third-order valence-electron chi connectivity index (χ3n) is 4.00. The quantitative estimate of drug-likeness (QED) is 0.407. The van der Waals surface area contributed by atoms with Crippen molar-refractivity contribution in [1.82, 2.24) is 15.1 Å². The normalized spacial score (nSPS) is 10.8. The highest BCUT2D eigenvalue weighted by Crippen LogP contribution is 2.31. The largest absolute Gasteiger partial charge is 0.497 e. The van der Waals surface area contributed by atoms with Gasteiger partial charge in [-0.25, -0.2) is 8.78 Å². The number of hydrogen-bond donors (Lipinski definition) is 1. The second-order valence-corrected chi connectivity index (χ2v) is 7.52. The number of hydrogen-bond acceptors (Lipinski definition) is 7. The number of aromatic nitrogens is 2. The van der Waals surface area contributed by atoms with Crippen LogP contribution in [0.15, 0.2) is 45.7 Å². The first-order chi connectivity index (χ1) is 14.4. The van der Waals surface area contributed by atoms with E-state index in [9.17, 15) is 13.6 Å². The lowest BCUT2D eigenvalue weighted by molar-refractivity contribution is -0.129. The zero-order valence-corrected chi connectivity index (χ0v) is 17.3. The van der Waals surface area contributed by atoms with E-state index in [-0.39, 0.29) is 46.6 Å². The molecular weight excluding hydrogens is 438 g/mol. The summed E-state index contributed by atoms with van der Waals surface area (Å²) in [4.78, 5) is 14.5. The first-order valence-electron chi connectivity index (χ1n) is 8.61. The molecule has 0 atom stereocenters. The molecule has 3 rings (SSSR count). The summed E-state index contributed by atoms with van der Waals surface area (Å²) < 4.78 is 37.4. The van der Waals surface area contributed by atoms with Gasteiger partial charge in [-0.15, -0.1) is 16.9 Å². The molecule has 1 aromatic heterocycles. The van der Waals surface area contributed by atoms with Gasteiger partial charge in [0.15, 0.2) is 0 Å². The first kappa shape index (κ1) is 21.8. The van der Waals surface area contributed by atoms with Gasteiger partial charge >= 0.3 is 6.01 Å². The first-order valence-corrected chi connectivity index (χ1v) is 9.98. The van der Waals surface area contributed by atoms with E-state index in [2.05, 4.69) is 10.2 Å². The van der Waals surface area contributed by atoms with E-state index in [0.717, 1.165) is 23.4 Å². The van der Waals surface area contributed by atoms with Crippen molar-refractivity contribution >= 4 is 35.3 Å². The molecule has 2 N–H and O–H groups in total. The number of rotatable bonds is 8. The minimum atomic E-state index is -0.886. The maximum Gasteiger partial charge on any atom is 0.312 e. The van der Waals surface area contributed by atoms with E-state index in [1.807, 2.05) is 12.1 Å². The molecule has 0 unspecified atom stereocenters. The SMILES string of the molecule is COc1ccc(CN(Cc2nnc(N)o2)C(=O)CSc2cc(F)cc(F)c2Cl)cc1. The van der Waals surface area contributed by atoms with E-state index in [1.165, 1.54) is 4.90 Å². The maximum atomic E-state index is 13.6. The van der Waals surface area contributed by atoms with Crippen molar-refractivity contribution in [3.63, 3.8) is 0 Å². The van der Waals surface area contributed by atoms with Gasteiger partial charge in [-0.1, -0.05) is 28.8 Å². The summed E-state index contributed by atoms with van der Waals surface area (Å²) in [7, 11) is 1.56. The predicted octanol–water partition coefficient (Wildman–Crippen LogP) is 3.91. The molecule has 0 radical (unpaired) electrons. The summed E-state index contributed by atoms with van der Waals surface area (Å²) >= 11 is 6.80. The number of anilines is 1. The summed E-state index contributed by atoms with van der Waals surface area (Å²) in [5.41, 5.74) is 6.28. The van der Waals surface area contributed by atoms with Gasteiger partial charge in [-0.05, 0) is 23.8 Å². The van der Waals surface area contributed by atoms with Crippen LogP contribution >= 0.6 is 23.4 Å². The Morgan fingerprint density at radius 3 is 2.60 bits per heavy atom. The van der Waals surface area contributed by atoms with Gasteiger partial charge in [0.1, 0.15) is 17.4 Å². The van der Waals surface area contributed by atoms with Gasteiger partial charge < -0.3 is 19.8 Å². The number of carbonyl (C=O) groups excluding carboxylic acids is 1. The Morgan fingerprint density at radius 1 is 1.23 bits per heavy atom. The highest BCUT2D eigenvalue weighted by molar-refractivity contribution is 8.00. The zero-order valence-electron chi connectivity index (χ0n) is 15.8. The molecule has 7 nitrogen and oxygen atoms in total. The van der Waals surface area contributed by atoms with Crippen molar-refractivity contribution < 1.29 is 22.7 Å². The fourth-order valence-electron chi connectivity index (χ4n) is 2.55. The Morgan fingerprint density at radius 2 is 1.97 bits per heavy atom. The molecule has 2 aromatic carbocycles. The number of carbonyl (C=O) groups is 1. The standard InChI is InChI=1S/C19H17ClF2N4O3S/c1-28-13-4-2-11(3-5-13)8-26(9-16-24-25-19(23)29-16)17(27)10-30-15-7-12(21)6-14(22)18(15)20/h2-7H,8-10H2,1H3,(H2,23,25). The van der Waals surface area contributed by atoms with Gasteiger partial charge in [0, 0.05) is 17.5 Å². The number of thioether (sulfide) groups is 1. The average Bonchev–Trinajstić information content (AvgIpc) is 3.14. The van der Waals surface area contributed by atoms with Crippen LogP contribution in [-0.2, 0) is 17.9 Å². The van der Waals surface area contributed by atoms with Crippen LogP contribution in [0.5, 0.6) is 5.75 Å². The average molecular weight is 455 g/mol. The van der Waals surface area contributed by atoms with Crippen LogP contribution in [0.2, 0.25) is 5.02 Å². The van der Waals surface area contributed by atoms with Gasteiger partial charge in [0.05, 0.1) is 24.4 Å². The molecule has 0 bridgehead atoms. The lowest BCUT2D eigenvalue weighted by atomic mass is 10.2. The smallest absolute Gasteiger partial charge is 0.312 e. The summed E-state index contributed by atoms with van der Waals surface area (Å²) in [6.45, 7) is 0.248. The Balaban J connectivity index is 1.75. The molecule has 0 fully saturated rings. The van der Waals surface area contributed by atoms with E-state index >= 15 is 0 Å². The fourth-order valence-corrected chi connectivity index (χ4v) is 3.70. The van der Waals surface area contributed by atoms with Crippen molar-refractivity contribution in [2.45, 2.75) is 18.0 Å². The molecule has 1 amide bonds. The number of benzene rings is 2. The monoisotopic (exact) mass is 454 g/mol. The molecule has 0 saturated heterocycles. The summed E-state index contributed by atoms with van der Waals surface area (Å²) in [6.07, 6.45) is 0. The van der Waals surface area contributed by atoms with Gasteiger partial charge in [-0.3, -0.25) is 4.79 Å². The Kier molecular flexibility index (Phi) is 7.11. The number of amides is 1. The van der Waals surface area contributed by atoms with Crippen LogP contribution in [0.25, 0.3) is 0 Å². The highest BCUT2D eigenvalue weighted by Gasteiger charge is 2.19. The van der Waals surface area contributed by atoms with E-state index in [0.29, 0.717) is 11.8 Å². The van der Waals surface area contributed by atoms with E-state index in [4.69, 9.17) is 26.5 Å². The van der Waals surface area contributed by atoms with Crippen LogP contribution in [0.4, 0.5) is 14.8 Å². The van der Waals surface area contributed by atoms with E-state index < -0.39 is 11.6 Å². The number of nitrogens with zero attached hydrogens (tertiary/aromatic N) is 3. The third kappa shape index (κ3) is 5.61. The zero-order chi connectivity index (χ0) is 21.7. The minimum Gasteiger partial charge on any atom is -0.497 e. The summed E-state index contributed by atoms with van der Waals surface area (Å²) in [6, 6.07) is 8.82. The molecule has 11 heteroatoms. The lowest BCUT2D eigenvalue weighted by Crippen LogP contribution is -2.31. The van der Waals surface area contributed by atoms with Crippen LogP contribution in [0, 0.1) is 11.6 Å². The lowest BCUT2D eigenvalue weighted by Gasteiger charge is -2.21. The number of nitrogen functional groups attached to an aromatic ring is 1. The topological polar surface area (TPSA) is 94.5 Å². The van der Waals surface area contributed by atoms with Gasteiger partial charge in [-0.2, -0.15) is 0 Å². The molecule has 1 heterocycles. The highest BCUT2D eigenvalue weighted by atomic mass is 35.5. The number of nitrogens with two attached hydrogens (primary N) is 1. The van der Waals surface area contributed by atoms with Crippen molar-refractivity contribution in [2.75, 3.05) is 18.6 Å². The molecule has 0 saturated carbocycles. The molecular formula is C19H17ClF2N4O3S. The van der Waals surface area contributed by atoms with Crippen LogP contribution < -0.4 is 10.5 Å². The molecule has 0 aliphatic heterocycles. The third-order valence-corrected chi connectivity index (χ3v) is 5.53. The summed E-state index contributed by atoms with van der Waals surface area (Å²) in [5, 5.41) is 7.13. The maximum absolute atomic E-state index is 13.6. The molecule has 158 valence electrons. The van der Waals surface area contributed by atoms with Crippen molar-refractivity contribution in [1.29, 1.82) is 0 Å². The van der Waals surface area contributed by atoms with E-state index in [1.54, 1.807) is 19.2 Å². The molecule has 0 spiro atoms. The van der Waals surface area contributed by atoms with Crippen molar-refractivity contribution in [3.05, 3.63) is 64.5 Å². The minimum absolute atomic E-state index is 0.0147. The number of halogens is 3. The van der Waals surface area contributed by atoms with Crippen LogP contribution in [0.3, 0.4) is 0 Å². The molecule has 0 aliphatic rings. The molecule has 30 heavy (non-hydrogen) atoms. The van der Waals surface area contributed by atoms with Crippen LogP contribution in [0.1, 0.15) is 11.5 Å². The Bertz CT molecular complexity index is 1030. The number of methoxy groups -OCH3 is 1. The second kappa shape index (κ2) is 9.77. The second-order valence-electron chi connectivity index (χ2n) is 6.12. The van der Waals surface area contributed by atoms with Gasteiger partial charge in [0.2, 0.25) is 11.8 Å². The Hall–Kier alpha value is -2.85. The predicted molar refractivity (Wildman–Crippen MR) is 108 cm³/mol. The van der Waals surface area contributed by atoms with Crippen molar-refractivity contribution in [2.24, 2.45) is 0 Å². The molecule has 3 aromatic rings. The molecule has 0 aliphatic carbocycles. The fraction of sp³-hybridized carbons (Fsp3) is 0.211. The number of ether oxygens (including phenoxy) is 1.